The molecule has 0 radical (unpaired) electrons. The highest BCUT2D eigenvalue weighted by molar-refractivity contribution is 9.10. The number of halogens is 1. The van der Waals surface area contributed by atoms with Crippen LogP contribution in [0.4, 0.5) is 0 Å². The number of amides is 1. The third-order valence-electron chi connectivity index (χ3n) is 2.64. The second kappa shape index (κ2) is 7.13. The SMILES string of the molecule is COc1ccc(CCC(=O)N(C)CC(=O)O)cc1Br. The van der Waals surface area contributed by atoms with Crippen molar-refractivity contribution in [1.29, 1.82) is 0 Å². The Morgan fingerprint density at radius 1 is 1.42 bits per heavy atom. The van der Waals surface area contributed by atoms with Gasteiger partial charge in [-0.1, -0.05) is 6.07 Å². The van der Waals surface area contributed by atoms with E-state index in [1.54, 1.807) is 7.11 Å². The first-order valence-electron chi connectivity index (χ1n) is 5.72. The number of carboxylic acid groups (broad SMARTS) is 1. The van der Waals surface area contributed by atoms with Gasteiger partial charge in [0, 0.05) is 13.5 Å². The Morgan fingerprint density at radius 2 is 2.11 bits per heavy atom. The quantitative estimate of drug-likeness (QED) is 0.866. The monoisotopic (exact) mass is 329 g/mol. The average Bonchev–Trinajstić information content (AvgIpc) is 2.35. The van der Waals surface area contributed by atoms with E-state index in [9.17, 15) is 9.59 Å². The van der Waals surface area contributed by atoms with Gasteiger partial charge in [-0.25, -0.2) is 0 Å². The van der Waals surface area contributed by atoms with Crippen molar-refractivity contribution in [3.63, 3.8) is 0 Å². The number of methoxy groups -OCH3 is 1. The number of carbonyl (C=O) groups is 2. The summed E-state index contributed by atoms with van der Waals surface area (Å²) in [6.07, 6.45) is 0.841. The molecule has 0 heterocycles. The molecule has 5 nitrogen and oxygen atoms in total. The summed E-state index contributed by atoms with van der Waals surface area (Å²) in [6.45, 7) is -0.273. The minimum absolute atomic E-state index is 0.186. The maximum Gasteiger partial charge on any atom is 0.323 e. The van der Waals surface area contributed by atoms with E-state index in [2.05, 4.69) is 15.9 Å². The van der Waals surface area contributed by atoms with Crippen LogP contribution in [0.1, 0.15) is 12.0 Å². The van der Waals surface area contributed by atoms with E-state index in [-0.39, 0.29) is 18.9 Å². The molecule has 104 valence electrons. The van der Waals surface area contributed by atoms with Crippen LogP contribution in [0.3, 0.4) is 0 Å². The number of likely N-dealkylation sites (N-methyl/N-ethyl adjacent to an activating group) is 1. The number of hydrogen-bond donors (Lipinski definition) is 1. The maximum absolute atomic E-state index is 11.7. The summed E-state index contributed by atoms with van der Waals surface area (Å²) in [6, 6.07) is 5.60. The van der Waals surface area contributed by atoms with Gasteiger partial charge in [-0.05, 0) is 40.0 Å². The van der Waals surface area contributed by atoms with Crippen LogP contribution in [-0.2, 0) is 16.0 Å². The molecule has 0 saturated carbocycles. The number of hydrogen-bond acceptors (Lipinski definition) is 3. The third-order valence-corrected chi connectivity index (χ3v) is 3.26. The van der Waals surface area contributed by atoms with Gasteiger partial charge in [0.15, 0.2) is 0 Å². The number of nitrogens with zero attached hydrogens (tertiary/aromatic N) is 1. The van der Waals surface area contributed by atoms with Gasteiger partial charge in [-0.15, -0.1) is 0 Å². The first-order chi connectivity index (χ1) is 8.93. The molecule has 0 unspecified atom stereocenters. The van der Waals surface area contributed by atoms with Crippen molar-refractivity contribution in [3.8, 4) is 5.75 Å². The van der Waals surface area contributed by atoms with E-state index in [1.165, 1.54) is 11.9 Å². The number of carboxylic acids is 1. The van der Waals surface area contributed by atoms with Gasteiger partial charge in [-0.2, -0.15) is 0 Å². The van der Waals surface area contributed by atoms with Crippen LogP contribution < -0.4 is 4.74 Å². The summed E-state index contributed by atoms with van der Waals surface area (Å²) in [4.78, 5) is 23.4. The predicted octanol–water partition coefficient (Wildman–Crippen LogP) is 1.93. The number of ether oxygens (including phenoxy) is 1. The van der Waals surface area contributed by atoms with Crippen LogP contribution in [-0.4, -0.2) is 42.6 Å². The largest absolute Gasteiger partial charge is 0.496 e. The zero-order valence-corrected chi connectivity index (χ0v) is 12.4. The second-order valence-electron chi connectivity index (χ2n) is 4.11. The predicted molar refractivity (Wildman–Crippen MR) is 74.3 cm³/mol. The van der Waals surface area contributed by atoms with Gasteiger partial charge in [-0.3, -0.25) is 9.59 Å². The molecule has 0 atom stereocenters. The van der Waals surface area contributed by atoms with Gasteiger partial charge in [0.05, 0.1) is 11.6 Å². The molecule has 1 aromatic rings. The van der Waals surface area contributed by atoms with Crippen LogP contribution in [0.25, 0.3) is 0 Å². The Labute approximate surface area is 120 Å². The summed E-state index contributed by atoms with van der Waals surface area (Å²) in [7, 11) is 3.07. The van der Waals surface area contributed by atoms with Crippen molar-refractivity contribution >= 4 is 27.8 Å². The molecule has 0 aliphatic carbocycles. The highest BCUT2D eigenvalue weighted by Gasteiger charge is 2.12. The zero-order valence-electron chi connectivity index (χ0n) is 10.9. The number of carbonyl (C=O) groups excluding carboxylic acids is 1. The molecular formula is C13H16BrNO4. The molecule has 1 N–H and O–H groups in total. The first-order valence-corrected chi connectivity index (χ1v) is 6.51. The highest BCUT2D eigenvalue weighted by Crippen LogP contribution is 2.25. The van der Waals surface area contributed by atoms with Gasteiger partial charge < -0.3 is 14.7 Å². The average molecular weight is 330 g/mol. The lowest BCUT2D eigenvalue weighted by atomic mass is 10.1. The number of rotatable bonds is 6. The molecule has 0 aliphatic heterocycles. The minimum atomic E-state index is -1.01. The zero-order chi connectivity index (χ0) is 14.4. The highest BCUT2D eigenvalue weighted by atomic mass is 79.9. The molecule has 1 rings (SSSR count). The molecular weight excluding hydrogens is 314 g/mol. The van der Waals surface area contributed by atoms with Gasteiger partial charge in [0.25, 0.3) is 0 Å². The van der Waals surface area contributed by atoms with Crippen LogP contribution in [0.5, 0.6) is 5.75 Å². The van der Waals surface area contributed by atoms with Crippen LogP contribution in [0.2, 0.25) is 0 Å². The summed E-state index contributed by atoms with van der Waals surface area (Å²) in [5, 5.41) is 8.60. The molecule has 0 saturated heterocycles. The summed E-state index contributed by atoms with van der Waals surface area (Å²) >= 11 is 3.38. The summed E-state index contributed by atoms with van der Waals surface area (Å²) < 4.78 is 5.95. The van der Waals surface area contributed by atoms with Crippen LogP contribution in [0, 0.1) is 0 Å². The summed E-state index contributed by atoms with van der Waals surface area (Å²) in [5.74, 6) is -0.463. The van der Waals surface area contributed by atoms with Crippen LogP contribution >= 0.6 is 15.9 Å². The van der Waals surface area contributed by atoms with Crippen molar-refractivity contribution in [2.75, 3.05) is 20.7 Å². The van der Waals surface area contributed by atoms with Crippen molar-refractivity contribution in [3.05, 3.63) is 28.2 Å². The van der Waals surface area contributed by atoms with Crippen molar-refractivity contribution in [2.45, 2.75) is 12.8 Å². The Balaban J connectivity index is 2.55. The Hall–Kier alpha value is -1.56. The van der Waals surface area contributed by atoms with Crippen LogP contribution in [0.15, 0.2) is 22.7 Å². The van der Waals surface area contributed by atoms with E-state index in [4.69, 9.17) is 9.84 Å². The lowest BCUT2D eigenvalue weighted by Crippen LogP contribution is -2.32. The second-order valence-corrected chi connectivity index (χ2v) is 4.97. The molecule has 6 heteroatoms. The lowest BCUT2D eigenvalue weighted by molar-refractivity contribution is -0.143. The number of aryl methyl sites for hydroxylation is 1. The topological polar surface area (TPSA) is 66.8 Å². The molecule has 0 aromatic heterocycles. The van der Waals surface area contributed by atoms with E-state index in [0.717, 1.165) is 15.8 Å². The smallest absolute Gasteiger partial charge is 0.323 e. The standard InChI is InChI=1S/C13H16BrNO4/c1-15(8-13(17)18)12(16)6-4-9-3-5-11(19-2)10(14)7-9/h3,5,7H,4,6,8H2,1-2H3,(H,17,18). The van der Waals surface area contributed by atoms with E-state index < -0.39 is 5.97 Å². The van der Waals surface area contributed by atoms with E-state index >= 15 is 0 Å². The van der Waals surface area contributed by atoms with Gasteiger partial charge >= 0.3 is 5.97 Å². The lowest BCUT2D eigenvalue weighted by Gasteiger charge is -2.14. The van der Waals surface area contributed by atoms with Crippen molar-refractivity contribution in [2.24, 2.45) is 0 Å². The van der Waals surface area contributed by atoms with Gasteiger partial charge in [0.2, 0.25) is 5.91 Å². The Bertz CT molecular complexity index is 476. The molecule has 1 aromatic carbocycles. The molecule has 0 fully saturated rings. The maximum atomic E-state index is 11.7. The minimum Gasteiger partial charge on any atom is -0.496 e. The fourth-order valence-corrected chi connectivity index (χ4v) is 2.19. The Morgan fingerprint density at radius 3 is 2.63 bits per heavy atom. The molecule has 0 spiro atoms. The fraction of sp³-hybridized carbons (Fsp3) is 0.385. The van der Waals surface area contributed by atoms with Crippen molar-refractivity contribution < 1.29 is 19.4 Å². The molecule has 19 heavy (non-hydrogen) atoms. The molecule has 0 bridgehead atoms. The van der Waals surface area contributed by atoms with E-state index in [1.807, 2.05) is 18.2 Å². The first kappa shape index (κ1) is 15.5. The normalized spacial score (nSPS) is 10.1. The summed E-state index contributed by atoms with van der Waals surface area (Å²) in [5.41, 5.74) is 0.991. The van der Waals surface area contributed by atoms with E-state index in [0.29, 0.717) is 6.42 Å². The third kappa shape index (κ3) is 4.90. The fourth-order valence-electron chi connectivity index (χ4n) is 1.60. The van der Waals surface area contributed by atoms with Crippen molar-refractivity contribution in [1.82, 2.24) is 4.90 Å². The number of aliphatic carboxylic acids is 1. The number of benzene rings is 1. The van der Waals surface area contributed by atoms with Gasteiger partial charge in [0.1, 0.15) is 12.3 Å². The molecule has 0 aliphatic rings. The molecule has 1 amide bonds. The Kier molecular flexibility index (Phi) is 5.82.